The van der Waals surface area contributed by atoms with E-state index in [9.17, 15) is 4.79 Å². The van der Waals surface area contributed by atoms with E-state index in [4.69, 9.17) is 26.1 Å². The van der Waals surface area contributed by atoms with Gasteiger partial charge < -0.3 is 14.4 Å². The van der Waals surface area contributed by atoms with Crippen LogP contribution >= 0.6 is 22.9 Å². The number of amides is 1. The molecule has 0 atom stereocenters. The fraction of sp³-hybridized carbons (Fsp3) is 0.444. The van der Waals surface area contributed by atoms with Crippen LogP contribution in [0.25, 0.3) is 10.2 Å². The molecule has 0 saturated heterocycles. The maximum Gasteiger partial charge on any atom is 0.298 e. The summed E-state index contributed by atoms with van der Waals surface area (Å²) in [5, 5.41) is 1.31. The Morgan fingerprint density at radius 2 is 2.12 bits per heavy atom. The lowest BCUT2D eigenvalue weighted by Crippen LogP contribution is -2.36. The lowest BCUT2D eigenvalue weighted by molar-refractivity contribution is -0.119. The van der Waals surface area contributed by atoms with Crippen LogP contribution in [0.4, 0.5) is 5.13 Å². The highest BCUT2D eigenvalue weighted by Crippen LogP contribution is 2.33. The van der Waals surface area contributed by atoms with E-state index in [2.05, 4.69) is 4.90 Å². The minimum absolute atomic E-state index is 0.218. The van der Waals surface area contributed by atoms with Crippen molar-refractivity contribution in [3.63, 3.8) is 0 Å². The van der Waals surface area contributed by atoms with E-state index in [1.165, 1.54) is 17.6 Å². The number of benzene rings is 1. The Morgan fingerprint density at radius 1 is 1.31 bits per heavy atom. The van der Waals surface area contributed by atoms with Crippen molar-refractivity contribution in [1.82, 2.24) is 9.88 Å². The van der Waals surface area contributed by atoms with Gasteiger partial charge in [-0.15, -0.1) is 0 Å². The molecule has 3 rings (SSSR count). The second-order valence-corrected chi connectivity index (χ2v) is 7.83. The first-order valence-corrected chi connectivity index (χ1v) is 9.63. The highest BCUT2D eigenvalue weighted by atomic mass is 35.5. The fourth-order valence-corrected chi connectivity index (χ4v) is 4.15. The van der Waals surface area contributed by atoms with Gasteiger partial charge in [-0.2, -0.15) is 0 Å². The summed E-state index contributed by atoms with van der Waals surface area (Å²) in [5.74, 6) is -0.0126. The number of carbonyl (C=O) groups excluding carboxylic acids is 1. The average Bonchev–Trinajstić information content (AvgIpc) is 3.02. The third kappa shape index (κ3) is 4.28. The number of hydrogen-bond acceptors (Lipinski definition) is 6. The molecule has 1 aromatic carbocycles. The van der Waals surface area contributed by atoms with Crippen LogP contribution in [0.3, 0.4) is 0 Å². The maximum absolute atomic E-state index is 13.0. The Hall–Kier alpha value is -1.83. The van der Waals surface area contributed by atoms with E-state index >= 15 is 0 Å². The van der Waals surface area contributed by atoms with Crippen LogP contribution in [0.5, 0.6) is 0 Å². The number of thiazole rings is 1. The molecule has 140 valence electrons. The van der Waals surface area contributed by atoms with Crippen molar-refractivity contribution in [3.8, 4) is 0 Å². The molecule has 0 fully saturated rings. The zero-order valence-electron chi connectivity index (χ0n) is 15.1. The molecule has 0 unspecified atom stereocenters. The van der Waals surface area contributed by atoms with Crippen LogP contribution in [0.1, 0.15) is 12.0 Å². The van der Waals surface area contributed by atoms with Crippen LogP contribution < -0.4 is 4.90 Å². The smallest absolute Gasteiger partial charge is 0.298 e. The number of hydrogen-bond donors (Lipinski definition) is 0. The number of fused-ring (bicyclic) bond motifs is 1. The molecule has 26 heavy (non-hydrogen) atoms. The van der Waals surface area contributed by atoms with Gasteiger partial charge in [-0.3, -0.25) is 9.69 Å². The van der Waals surface area contributed by atoms with Gasteiger partial charge in [0.15, 0.2) is 5.13 Å². The summed E-state index contributed by atoms with van der Waals surface area (Å²) in [7, 11) is 4.02. The number of carbonyl (C=O) groups is 1. The molecule has 2 aromatic rings. The molecule has 6 nitrogen and oxygen atoms in total. The average molecular weight is 396 g/mol. The molecular formula is C18H22ClN3O3S. The van der Waals surface area contributed by atoms with Crippen molar-refractivity contribution in [2.45, 2.75) is 13.3 Å². The summed E-state index contributed by atoms with van der Waals surface area (Å²) in [5.41, 5.74) is 1.86. The third-order valence-electron chi connectivity index (χ3n) is 3.96. The minimum atomic E-state index is -0.230. The highest BCUT2D eigenvalue weighted by molar-refractivity contribution is 7.22. The van der Waals surface area contributed by atoms with E-state index < -0.39 is 0 Å². The second kappa shape index (κ2) is 8.24. The van der Waals surface area contributed by atoms with E-state index in [-0.39, 0.29) is 11.7 Å². The lowest BCUT2D eigenvalue weighted by Gasteiger charge is -2.23. The van der Waals surface area contributed by atoms with E-state index in [1.54, 1.807) is 4.90 Å². The van der Waals surface area contributed by atoms with Crippen molar-refractivity contribution in [2.24, 2.45) is 0 Å². The van der Waals surface area contributed by atoms with E-state index in [0.717, 1.165) is 28.7 Å². The Morgan fingerprint density at radius 3 is 2.81 bits per heavy atom. The van der Waals surface area contributed by atoms with Gasteiger partial charge in [0.05, 0.1) is 10.2 Å². The zero-order valence-corrected chi connectivity index (χ0v) is 16.7. The molecule has 1 aliphatic rings. The Kier molecular flexibility index (Phi) is 6.01. The first-order chi connectivity index (χ1) is 12.5. The molecule has 0 saturated carbocycles. The highest BCUT2D eigenvalue weighted by Gasteiger charge is 2.26. The van der Waals surface area contributed by atoms with Crippen molar-refractivity contribution in [2.75, 3.05) is 45.3 Å². The standard InChI is InChI=1S/C18H22ClN3O3S/c1-12-9-13(19)10-15-16(12)20-18(26-15)22(6-4-5-21(2)3)17(23)14-11-24-7-8-25-14/h9-11H,4-8H2,1-3H3. The Bertz CT molecular complexity index is 834. The summed E-state index contributed by atoms with van der Waals surface area (Å²) in [6.07, 6.45) is 2.21. The summed E-state index contributed by atoms with van der Waals surface area (Å²) in [6, 6.07) is 3.76. The van der Waals surface area contributed by atoms with Crippen molar-refractivity contribution in [1.29, 1.82) is 0 Å². The van der Waals surface area contributed by atoms with Crippen LogP contribution in [-0.2, 0) is 14.3 Å². The second-order valence-electron chi connectivity index (χ2n) is 6.38. The largest absolute Gasteiger partial charge is 0.494 e. The van der Waals surface area contributed by atoms with Gasteiger partial charge in [0.2, 0.25) is 5.76 Å². The lowest BCUT2D eigenvalue weighted by atomic mass is 10.2. The monoisotopic (exact) mass is 395 g/mol. The molecule has 0 spiro atoms. The van der Waals surface area contributed by atoms with Crippen LogP contribution in [0.2, 0.25) is 5.02 Å². The van der Waals surface area contributed by atoms with Gasteiger partial charge in [-0.05, 0) is 51.7 Å². The van der Waals surface area contributed by atoms with E-state index in [0.29, 0.717) is 29.9 Å². The molecule has 1 aromatic heterocycles. The number of halogens is 1. The van der Waals surface area contributed by atoms with Crippen LogP contribution in [0, 0.1) is 6.92 Å². The van der Waals surface area contributed by atoms with Gasteiger partial charge in [0, 0.05) is 11.6 Å². The summed E-state index contributed by atoms with van der Waals surface area (Å²) >= 11 is 7.62. The maximum atomic E-state index is 13.0. The SMILES string of the molecule is Cc1cc(Cl)cc2sc(N(CCCN(C)C)C(=O)C3=COCCO3)nc12. The molecule has 2 heterocycles. The number of aryl methyl sites for hydroxylation is 1. The Labute approximate surface area is 162 Å². The zero-order chi connectivity index (χ0) is 18.7. The summed E-state index contributed by atoms with van der Waals surface area (Å²) < 4.78 is 11.7. The number of ether oxygens (including phenoxy) is 2. The Balaban J connectivity index is 1.92. The predicted octanol–water partition coefficient (Wildman–Crippen LogP) is 3.43. The topological polar surface area (TPSA) is 54.9 Å². The molecule has 1 aliphatic heterocycles. The fourth-order valence-electron chi connectivity index (χ4n) is 2.70. The van der Waals surface area contributed by atoms with Crippen molar-refractivity contribution in [3.05, 3.63) is 34.7 Å². The van der Waals surface area contributed by atoms with Gasteiger partial charge in [0.1, 0.15) is 19.5 Å². The molecule has 0 radical (unpaired) electrons. The van der Waals surface area contributed by atoms with Gasteiger partial charge in [0.25, 0.3) is 5.91 Å². The number of aromatic nitrogens is 1. The first-order valence-electron chi connectivity index (χ1n) is 8.43. The number of rotatable bonds is 6. The first kappa shape index (κ1) is 18.9. The van der Waals surface area contributed by atoms with E-state index in [1.807, 2.05) is 33.2 Å². The normalized spacial score (nSPS) is 14.1. The third-order valence-corrected chi connectivity index (χ3v) is 5.21. The molecule has 1 amide bonds. The summed E-state index contributed by atoms with van der Waals surface area (Å²) in [4.78, 5) is 21.4. The van der Waals surface area contributed by atoms with Gasteiger partial charge in [-0.25, -0.2) is 4.98 Å². The van der Waals surface area contributed by atoms with Gasteiger partial charge >= 0.3 is 0 Å². The number of anilines is 1. The molecule has 8 heteroatoms. The van der Waals surface area contributed by atoms with Crippen molar-refractivity contribution >= 4 is 44.2 Å². The summed E-state index contributed by atoms with van der Waals surface area (Å²) in [6.45, 7) is 4.21. The van der Waals surface area contributed by atoms with Crippen LogP contribution in [0.15, 0.2) is 24.2 Å². The quantitative estimate of drug-likeness (QED) is 0.750. The molecule has 0 aliphatic carbocycles. The predicted molar refractivity (Wildman–Crippen MR) is 105 cm³/mol. The minimum Gasteiger partial charge on any atom is -0.494 e. The number of nitrogens with zero attached hydrogens (tertiary/aromatic N) is 3. The van der Waals surface area contributed by atoms with Gasteiger partial charge in [-0.1, -0.05) is 22.9 Å². The van der Waals surface area contributed by atoms with Crippen molar-refractivity contribution < 1.29 is 14.3 Å². The van der Waals surface area contributed by atoms with Crippen LogP contribution in [-0.4, -0.2) is 56.2 Å². The molecule has 0 bridgehead atoms. The molecule has 0 N–H and O–H groups in total. The molecular weight excluding hydrogens is 374 g/mol.